The number of carbonyl (C=O) groups excluding carboxylic acids is 1. The van der Waals surface area contributed by atoms with E-state index in [1.165, 1.54) is 0 Å². The van der Waals surface area contributed by atoms with Crippen LogP contribution in [0.25, 0.3) is 0 Å². The number of carbonyl (C=O) groups is 1. The number of hydrogen-bond acceptors (Lipinski definition) is 2. The van der Waals surface area contributed by atoms with Crippen LogP contribution in [0.3, 0.4) is 0 Å². The molecule has 0 aliphatic carbocycles. The maximum absolute atomic E-state index is 12.2. The number of rotatable bonds is 3. The van der Waals surface area contributed by atoms with Gasteiger partial charge < -0.3 is 4.74 Å². The normalized spacial score (nSPS) is 10.7. The highest BCUT2D eigenvalue weighted by Crippen LogP contribution is 2.27. The van der Waals surface area contributed by atoms with Crippen molar-refractivity contribution >= 4 is 21.9 Å². The summed E-state index contributed by atoms with van der Waals surface area (Å²) in [4.78, 5) is 12.2. The van der Waals surface area contributed by atoms with Crippen molar-refractivity contribution in [3.05, 3.63) is 63.6 Å². The van der Waals surface area contributed by atoms with Crippen molar-refractivity contribution in [3.8, 4) is 5.75 Å². The topological polar surface area (TPSA) is 26.3 Å². The Hall–Kier alpha value is -1.61. The number of halogens is 1. The lowest BCUT2D eigenvalue weighted by molar-refractivity contribution is 0.0733. The van der Waals surface area contributed by atoms with Gasteiger partial charge >= 0.3 is 5.97 Å². The number of esters is 1. The molecule has 0 aliphatic heterocycles. The van der Waals surface area contributed by atoms with Crippen LogP contribution in [0.2, 0.25) is 0 Å². The summed E-state index contributed by atoms with van der Waals surface area (Å²) in [5.74, 6) is 0.603. The number of benzene rings is 2. The minimum Gasteiger partial charge on any atom is -0.423 e. The molecule has 0 aliphatic rings. The highest BCUT2D eigenvalue weighted by molar-refractivity contribution is 9.10. The molecule has 0 saturated carbocycles. The molecule has 2 nitrogen and oxygen atoms in total. The van der Waals surface area contributed by atoms with Crippen molar-refractivity contribution in [1.29, 1.82) is 0 Å². The molecule has 0 saturated heterocycles. The molecule has 0 atom stereocenters. The summed E-state index contributed by atoms with van der Waals surface area (Å²) in [5.41, 5.74) is 2.66. The maximum Gasteiger partial charge on any atom is 0.343 e. The number of ether oxygens (including phenoxy) is 1. The molecule has 0 amide bonds. The summed E-state index contributed by atoms with van der Waals surface area (Å²) in [6.07, 6.45) is 0. The average Bonchev–Trinajstić information content (AvgIpc) is 2.42. The van der Waals surface area contributed by atoms with E-state index >= 15 is 0 Å². The molecule has 0 fully saturated rings. The number of hydrogen-bond donors (Lipinski definition) is 0. The van der Waals surface area contributed by atoms with Crippen LogP contribution in [0.15, 0.2) is 46.9 Å². The molecule has 0 heterocycles. The second kappa shape index (κ2) is 6.23. The highest BCUT2D eigenvalue weighted by Gasteiger charge is 2.13. The van der Waals surface area contributed by atoms with Crippen LogP contribution in [0.1, 0.15) is 41.3 Å². The summed E-state index contributed by atoms with van der Waals surface area (Å²) in [6.45, 7) is 6.14. The van der Waals surface area contributed by atoms with E-state index in [1.54, 1.807) is 12.1 Å². The van der Waals surface area contributed by atoms with Gasteiger partial charge in [-0.05, 0) is 42.2 Å². The van der Waals surface area contributed by atoms with Crippen molar-refractivity contribution in [1.82, 2.24) is 0 Å². The van der Waals surface area contributed by atoms with Gasteiger partial charge in [-0.25, -0.2) is 4.79 Å². The Bertz CT molecular complexity index is 633. The van der Waals surface area contributed by atoms with E-state index < -0.39 is 0 Å². The molecule has 20 heavy (non-hydrogen) atoms. The van der Waals surface area contributed by atoms with E-state index in [0.717, 1.165) is 15.6 Å². The zero-order chi connectivity index (χ0) is 14.7. The lowest BCUT2D eigenvalue weighted by Crippen LogP contribution is -2.10. The molecular weight excluding hydrogens is 316 g/mol. The Labute approximate surface area is 127 Å². The first kappa shape index (κ1) is 14.8. The minimum atomic E-state index is -0.334. The first-order chi connectivity index (χ1) is 9.49. The molecule has 0 N–H and O–H groups in total. The number of aryl methyl sites for hydroxylation is 1. The quantitative estimate of drug-likeness (QED) is 0.577. The fraction of sp³-hybridized carbons (Fsp3) is 0.235. The Morgan fingerprint density at radius 3 is 2.50 bits per heavy atom. The average molecular weight is 333 g/mol. The smallest absolute Gasteiger partial charge is 0.343 e. The van der Waals surface area contributed by atoms with Crippen molar-refractivity contribution in [2.75, 3.05) is 0 Å². The highest BCUT2D eigenvalue weighted by atomic mass is 79.9. The van der Waals surface area contributed by atoms with Gasteiger partial charge in [0, 0.05) is 4.47 Å². The summed E-state index contributed by atoms with van der Waals surface area (Å²) >= 11 is 3.43. The molecule has 2 aromatic carbocycles. The molecule has 0 aromatic heterocycles. The van der Waals surface area contributed by atoms with Crippen LogP contribution >= 0.6 is 15.9 Å². The molecule has 3 heteroatoms. The van der Waals surface area contributed by atoms with Crippen LogP contribution in [0.5, 0.6) is 5.75 Å². The van der Waals surface area contributed by atoms with Crippen LogP contribution in [0, 0.1) is 6.92 Å². The Morgan fingerprint density at radius 2 is 1.85 bits per heavy atom. The molecule has 2 rings (SSSR count). The van der Waals surface area contributed by atoms with E-state index in [0.29, 0.717) is 17.2 Å². The zero-order valence-electron chi connectivity index (χ0n) is 11.8. The Morgan fingerprint density at radius 1 is 1.15 bits per heavy atom. The van der Waals surface area contributed by atoms with E-state index in [1.807, 2.05) is 37.3 Å². The van der Waals surface area contributed by atoms with Crippen molar-refractivity contribution in [2.24, 2.45) is 0 Å². The third-order valence-corrected chi connectivity index (χ3v) is 4.01. The molecule has 0 bridgehead atoms. The predicted molar refractivity (Wildman–Crippen MR) is 84.4 cm³/mol. The standard InChI is InChI=1S/C17H17BrO2/c1-11(2)14-6-4-5-7-16(14)20-17(19)13-9-8-12(3)15(18)10-13/h4-11H,1-3H3. The van der Waals surface area contributed by atoms with Crippen LogP contribution in [-0.4, -0.2) is 5.97 Å². The largest absolute Gasteiger partial charge is 0.423 e. The zero-order valence-corrected chi connectivity index (χ0v) is 13.4. The first-order valence-electron chi connectivity index (χ1n) is 6.56. The molecule has 0 unspecified atom stereocenters. The van der Waals surface area contributed by atoms with Gasteiger partial charge in [0.15, 0.2) is 0 Å². The first-order valence-corrected chi connectivity index (χ1v) is 7.35. The van der Waals surface area contributed by atoms with Crippen LogP contribution < -0.4 is 4.74 Å². The van der Waals surface area contributed by atoms with Crippen molar-refractivity contribution in [2.45, 2.75) is 26.7 Å². The Kier molecular flexibility index (Phi) is 4.61. The van der Waals surface area contributed by atoms with Gasteiger partial charge in [0.1, 0.15) is 5.75 Å². The molecule has 104 valence electrons. The van der Waals surface area contributed by atoms with E-state index in [4.69, 9.17) is 4.74 Å². The second-order valence-corrected chi connectivity index (χ2v) is 5.90. The fourth-order valence-corrected chi connectivity index (χ4v) is 2.31. The number of para-hydroxylation sites is 1. The third-order valence-electron chi connectivity index (χ3n) is 3.15. The van der Waals surface area contributed by atoms with Gasteiger partial charge in [-0.15, -0.1) is 0 Å². The summed E-state index contributed by atoms with van der Waals surface area (Å²) < 4.78 is 6.43. The molecule has 0 radical (unpaired) electrons. The van der Waals surface area contributed by atoms with Crippen LogP contribution in [-0.2, 0) is 0 Å². The van der Waals surface area contributed by atoms with Gasteiger partial charge in [-0.2, -0.15) is 0 Å². The van der Waals surface area contributed by atoms with E-state index in [2.05, 4.69) is 29.8 Å². The van der Waals surface area contributed by atoms with E-state index in [-0.39, 0.29) is 5.97 Å². The van der Waals surface area contributed by atoms with Crippen LogP contribution in [0.4, 0.5) is 0 Å². The lowest BCUT2D eigenvalue weighted by atomic mass is 10.0. The van der Waals surface area contributed by atoms with E-state index in [9.17, 15) is 4.79 Å². The molecular formula is C17H17BrO2. The maximum atomic E-state index is 12.2. The van der Waals surface area contributed by atoms with Gasteiger partial charge in [-0.1, -0.05) is 54.0 Å². The monoisotopic (exact) mass is 332 g/mol. The van der Waals surface area contributed by atoms with Gasteiger partial charge in [0.2, 0.25) is 0 Å². The third kappa shape index (κ3) is 3.28. The minimum absolute atomic E-state index is 0.309. The fourth-order valence-electron chi connectivity index (χ4n) is 1.93. The SMILES string of the molecule is Cc1ccc(C(=O)Oc2ccccc2C(C)C)cc1Br. The van der Waals surface area contributed by atoms with Crippen molar-refractivity contribution < 1.29 is 9.53 Å². The summed E-state index contributed by atoms with van der Waals surface area (Å²) in [7, 11) is 0. The van der Waals surface area contributed by atoms with Gasteiger partial charge in [0.05, 0.1) is 5.56 Å². The summed E-state index contributed by atoms with van der Waals surface area (Å²) in [6, 6.07) is 13.1. The van der Waals surface area contributed by atoms with Crippen molar-refractivity contribution in [3.63, 3.8) is 0 Å². The lowest BCUT2D eigenvalue weighted by Gasteiger charge is -2.12. The van der Waals surface area contributed by atoms with Gasteiger partial charge in [0.25, 0.3) is 0 Å². The van der Waals surface area contributed by atoms with Gasteiger partial charge in [-0.3, -0.25) is 0 Å². The predicted octanol–water partition coefficient (Wildman–Crippen LogP) is 5.10. The summed E-state index contributed by atoms with van der Waals surface area (Å²) in [5, 5.41) is 0. The Balaban J connectivity index is 2.26. The molecule has 2 aromatic rings. The molecule has 0 spiro atoms. The second-order valence-electron chi connectivity index (χ2n) is 5.05.